The van der Waals surface area contributed by atoms with Crippen molar-refractivity contribution in [1.82, 2.24) is 4.98 Å². The molecular formula is C21H20N6OS2. The number of rotatable bonds is 7. The molecule has 0 fully saturated rings. The van der Waals surface area contributed by atoms with Crippen LogP contribution in [0.1, 0.15) is 13.8 Å². The van der Waals surface area contributed by atoms with Crippen molar-refractivity contribution in [2.24, 2.45) is 20.5 Å². The lowest BCUT2D eigenvalue weighted by atomic mass is 10.2. The average Bonchev–Trinajstić information content (AvgIpc) is 3.30. The average molecular weight is 437 g/mol. The third-order valence-electron chi connectivity index (χ3n) is 4.42. The van der Waals surface area contributed by atoms with Gasteiger partial charge < -0.3 is 10.0 Å². The minimum absolute atomic E-state index is 0.261. The van der Waals surface area contributed by atoms with Crippen LogP contribution in [0, 0.1) is 0 Å². The van der Waals surface area contributed by atoms with Crippen LogP contribution in [-0.4, -0.2) is 23.2 Å². The van der Waals surface area contributed by atoms with Crippen LogP contribution in [0.3, 0.4) is 0 Å². The summed E-state index contributed by atoms with van der Waals surface area (Å²) < 4.78 is 0.910. The van der Waals surface area contributed by atoms with Gasteiger partial charge in [-0.15, -0.1) is 10.2 Å². The topological polar surface area (TPSA) is 85.8 Å². The summed E-state index contributed by atoms with van der Waals surface area (Å²) in [4.78, 5) is 7.39. The van der Waals surface area contributed by atoms with Gasteiger partial charge in [-0.3, -0.25) is 0 Å². The summed E-state index contributed by atoms with van der Waals surface area (Å²) in [5.41, 5.74) is 3.45. The smallest absolute Gasteiger partial charge is 0.231 e. The molecule has 1 N–H and O–H groups in total. The summed E-state index contributed by atoms with van der Waals surface area (Å²) >= 11 is 2.63. The van der Waals surface area contributed by atoms with Crippen LogP contribution >= 0.6 is 22.7 Å². The lowest BCUT2D eigenvalue weighted by Gasteiger charge is -2.20. The molecule has 0 aliphatic carbocycles. The lowest BCUT2D eigenvalue weighted by Crippen LogP contribution is -2.21. The van der Waals surface area contributed by atoms with Gasteiger partial charge in [0.15, 0.2) is 5.06 Å². The fourth-order valence-electron chi connectivity index (χ4n) is 2.88. The van der Waals surface area contributed by atoms with Crippen molar-refractivity contribution in [2.75, 3.05) is 18.0 Å². The van der Waals surface area contributed by atoms with E-state index in [1.807, 2.05) is 36.4 Å². The van der Waals surface area contributed by atoms with E-state index < -0.39 is 0 Å². The van der Waals surface area contributed by atoms with E-state index in [4.69, 9.17) is 0 Å². The first-order valence-electron chi connectivity index (χ1n) is 9.52. The Morgan fingerprint density at radius 3 is 1.87 bits per heavy atom. The van der Waals surface area contributed by atoms with E-state index in [0.29, 0.717) is 10.8 Å². The van der Waals surface area contributed by atoms with Gasteiger partial charge in [-0.25, -0.2) is 4.98 Å². The van der Waals surface area contributed by atoms with Crippen molar-refractivity contribution >= 4 is 60.1 Å². The number of aromatic nitrogens is 1. The van der Waals surface area contributed by atoms with Crippen molar-refractivity contribution in [1.29, 1.82) is 0 Å². The van der Waals surface area contributed by atoms with Gasteiger partial charge in [0, 0.05) is 24.8 Å². The Kier molecular flexibility index (Phi) is 6.10. The largest absolute Gasteiger partial charge is 0.499 e. The highest BCUT2D eigenvalue weighted by atomic mass is 32.1. The maximum absolute atomic E-state index is 9.45. The molecule has 0 bridgehead atoms. The quantitative estimate of drug-likeness (QED) is 0.301. The second-order valence-corrected chi connectivity index (χ2v) is 8.37. The molecule has 0 aliphatic rings. The molecule has 0 atom stereocenters. The Balaban J connectivity index is 1.39. The number of hydrogen-bond donors (Lipinski definition) is 1. The summed E-state index contributed by atoms with van der Waals surface area (Å²) in [7, 11) is 0. The fraction of sp³-hybridized carbons (Fsp3) is 0.190. The molecular weight excluding hydrogens is 416 g/mol. The molecule has 0 radical (unpaired) electrons. The number of thiazole rings is 1. The number of nitrogens with zero attached hydrogens (tertiary/aromatic N) is 6. The molecule has 0 spiro atoms. The Morgan fingerprint density at radius 1 is 0.800 bits per heavy atom. The second kappa shape index (κ2) is 9.10. The zero-order valence-corrected chi connectivity index (χ0v) is 18.2. The summed E-state index contributed by atoms with van der Waals surface area (Å²) in [6.45, 7) is 6.24. The molecule has 2 heterocycles. The standard InChI is InChI=1S/C21H20N6OS2/c1-3-27(4-2)17-11-9-16(10-12-17)24-23-14-5-7-15(8-6-14)25-26-21-22-20-18(29-21)13-19(28)30-20/h5-13,28H,3-4H2,1-2H3. The van der Waals surface area contributed by atoms with Crippen LogP contribution in [-0.2, 0) is 0 Å². The van der Waals surface area contributed by atoms with Crippen molar-refractivity contribution in [2.45, 2.75) is 13.8 Å². The van der Waals surface area contributed by atoms with Crippen LogP contribution in [0.4, 0.5) is 27.9 Å². The third-order valence-corrected chi connectivity index (χ3v) is 6.27. The van der Waals surface area contributed by atoms with Crippen molar-refractivity contribution in [3.05, 3.63) is 54.6 Å². The molecule has 0 saturated carbocycles. The zero-order chi connectivity index (χ0) is 20.9. The Morgan fingerprint density at radius 2 is 1.33 bits per heavy atom. The van der Waals surface area contributed by atoms with Gasteiger partial charge >= 0.3 is 0 Å². The number of fused-ring (bicyclic) bond motifs is 1. The minimum Gasteiger partial charge on any atom is -0.499 e. The van der Waals surface area contributed by atoms with E-state index in [-0.39, 0.29) is 5.06 Å². The van der Waals surface area contributed by atoms with Crippen molar-refractivity contribution in [3.8, 4) is 5.06 Å². The predicted molar refractivity (Wildman–Crippen MR) is 124 cm³/mol. The SMILES string of the molecule is CCN(CC)c1ccc(N=Nc2ccc(N=Nc3nc4sc(O)cc4s3)cc2)cc1. The van der Waals surface area contributed by atoms with E-state index in [1.54, 1.807) is 6.07 Å². The van der Waals surface area contributed by atoms with E-state index in [0.717, 1.165) is 34.0 Å². The highest BCUT2D eigenvalue weighted by molar-refractivity contribution is 7.29. The van der Waals surface area contributed by atoms with Crippen LogP contribution in [0.5, 0.6) is 5.06 Å². The first-order chi connectivity index (χ1) is 14.6. The molecule has 2 aromatic heterocycles. The zero-order valence-electron chi connectivity index (χ0n) is 16.6. The third kappa shape index (κ3) is 4.69. The van der Waals surface area contributed by atoms with Gasteiger partial charge in [0.05, 0.1) is 21.8 Å². The van der Waals surface area contributed by atoms with Crippen LogP contribution in [0.2, 0.25) is 0 Å². The molecule has 4 rings (SSSR count). The monoisotopic (exact) mass is 436 g/mol. The molecule has 152 valence electrons. The number of benzene rings is 2. The van der Waals surface area contributed by atoms with Gasteiger partial charge in [-0.2, -0.15) is 10.2 Å². The van der Waals surface area contributed by atoms with E-state index in [1.165, 1.54) is 28.4 Å². The van der Waals surface area contributed by atoms with Crippen molar-refractivity contribution < 1.29 is 5.11 Å². The first kappa shape index (κ1) is 20.1. The van der Waals surface area contributed by atoms with Crippen molar-refractivity contribution in [3.63, 3.8) is 0 Å². The molecule has 30 heavy (non-hydrogen) atoms. The molecule has 0 amide bonds. The minimum atomic E-state index is 0.261. The molecule has 4 aromatic rings. The van der Waals surface area contributed by atoms with E-state index in [2.05, 4.69) is 56.3 Å². The number of azo groups is 2. The van der Waals surface area contributed by atoms with E-state index in [9.17, 15) is 5.11 Å². The number of thiophene rings is 1. The molecule has 9 heteroatoms. The second-order valence-electron chi connectivity index (χ2n) is 6.36. The number of hydrogen-bond acceptors (Lipinski definition) is 9. The Hall–Kier alpha value is -3.17. The van der Waals surface area contributed by atoms with Crippen LogP contribution < -0.4 is 4.90 Å². The number of aromatic hydroxyl groups is 1. The van der Waals surface area contributed by atoms with Crippen LogP contribution in [0.25, 0.3) is 9.53 Å². The Bertz CT molecular complexity index is 1140. The van der Waals surface area contributed by atoms with Gasteiger partial charge in [0.1, 0.15) is 4.83 Å². The fourth-order valence-corrected chi connectivity index (χ4v) is 4.64. The Labute approximate surface area is 182 Å². The van der Waals surface area contributed by atoms with E-state index >= 15 is 0 Å². The maximum atomic E-state index is 9.45. The first-order valence-corrected chi connectivity index (χ1v) is 11.2. The normalized spacial score (nSPS) is 11.8. The molecule has 0 saturated heterocycles. The summed E-state index contributed by atoms with van der Waals surface area (Å²) in [5.74, 6) is 0. The summed E-state index contributed by atoms with van der Waals surface area (Å²) in [5, 5.41) is 27.3. The summed E-state index contributed by atoms with van der Waals surface area (Å²) in [6.07, 6.45) is 0. The maximum Gasteiger partial charge on any atom is 0.231 e. The highest BCUT2D eigenvalue weighted by Gasteiger charge is 2.07. The number of anilines is 1. The van der Waals surface area contributed by atoms with Gasteiger partial charge in [-0.1, -0.05) is 22.7 Å². The molecule has 0 unspecified atom stereocenters. The predicted octanol–water partition coefficient (Wildman–Crippen LogP) is 7.74. The lowest BCUT2D eigenvalue weighted by molar-refractivity contribution is 0.491. The molecule has 0 aliphatic heterocycles. The summed E-state index contributed by atoms with van der Waals surface area (Å²) in [6, 6.07) is 17.1. The van der Waals surface area contributed by atoms with Gasteiger partial charge in [0.2, 0.25) is 5.13 Å². The highest BCUT2D eigenvalue weighted by Crippen LogP contribution is 2.37. The van der Waals surface area contributed by atoms with Gasteiger partial charge in [0.25, 0.3) is 0 Å². The van der Waals surface area contributed by atoms with Crippen LogP contribution in [0.15, 0.2) is 75.1 Å². The van der Waals surface area contributed by atoms with Gasteiger partial charge in [-0.05, 0) is 62.4 Å². The molecule has 2 aromatic carbocycles. The molecule has 7 nitrogen and oxygen atoms in total.